The number of carbonyl (C=O) groups is 2. The summed E-state index contributed by atoms with van der Waals surface area (Å²) in [5.41, 5.74) is -1.84. The van der Waals surface area contributed by atoms with E-state index < -0.39 is 35.5 Å². The first kappa shape index (κ1) is 27.7. The van der Waals surface area contributed by atoms with Crippen molar-refractivity contribution in [1.82, 2.24) is 5.32 Å². The van der Waals surface area contributed by atoms with Crippen LogP contribution in [-0.4, -0.2) is 25.2 Å². The first-order chi connectivity index (χ1) is 17.3. The van der Waals surface area contributed by atoms with Crippen molar-refractivity contribution >= 4 is 40.7 Å². The van der Waals surface area contributed by atoms with Crippen LogP contribution in [0.25, 0.3) is 0 Å². The average Bonchev–Trinajstić information content (AvgIpc) is 2.82. The summed E-state index contributed by atoms with van der Waals surface area (Å²) in [5, 5.41) is 7.55. The molecule has 0 aliphatic carbocycles. The molecule has 0 saturated heterocycles. The van der Waals surface area contributed by atoms with Crippen molar-refractivity contribution in [2.75, 3.05) is 28.6 Å². The number of nitrogens with one attached hydrogen (secondary N) is 3. The van der Waals surface area contributed by atoms with E-state index >= 15 is 0 Å². The molecule has 0 saturated carbocycles. The molecule has 196 valence electrons. The third-order valence-corrected chi connectivity index (χ3v) is 5.15. The van der Waals surface area contributed by atoms with Gasteiger partial charge in [-0.3, -0.25) is 4.90 Å². The monoisotopic (exact) mass is 544 g/mol. The molecule has 0 heterocycles. The summed E-state index contributed by atoms with van der Waals surface area (Å²) in [5.74, 6) is 0. The van der Waals surface area contributed by atoms with Crippen LogP contribution in [0.2, 0.25) is 5.02 Å². The van der Waals surface area contributed by atoms with E-state index in [9.17, 15) is 35.9 Å². The van der Waals surface area contributed by atoms with E-state index in [1.165, 1.54) is 36.4 Å². The van der Waals surface area contributed by atoms with Crippen molar-refractivity contribution < 1.29 is 35.9 Å². The Morgan fingerprint density at radius 3 is 1.97 bits per heavy atom. The second-order valence-electron chi connectivity index (χ2n) is 7.60. The summed E-state index contributed by atoms with van der Waals surface area (Å²) in [6.07, 6.45) is -9.26. The van der Waals surface area contributed by atoms with Crippen LogP contribution in [-0.2, 0) is 12.4 Å². The zero-order chi connectivity index (χ0) is 27.2. The van der Waals surface area contributed by atoms with Crippen LogP contribution in [0, 0.1) is 0 Å². The van der Waals surface area contributed by atoms with Crippen LogP contribution in [0.3, 0.4) is 0 Å². The van der Waals surface area contributed by atoms with Gasteiger partial charge in [0.1, 0.15) is 0 Å². The van der Waals surface area contributed by atoms with Crippen LogP contribution in [0.4, 0.5) is 53.0 Å². The Bertz CT molecular complexity index is 1250. The molecule has 0 fully saturated rings. The summed E-state index contributed by atoms with van der Waals surface area (Å²) < 4.78 is 78.2. The van der Waals surface area contributed by atoms with E-state index in [0.717, 1.165) is 41.3 Å². The topological polar surface area (TPSA) is 73.5 Å². The highest BCUT2D eigenvalue weighted by molar-refractivity contribution is 6.30. The first-order valence-corrected chi connectivity index (χ1v) is 10.9. The minimum atomic E-state index is -4.66. The van der Waals surface area contributed by atoms with E-state index in [4.69, 9.17) is 11.6 Å². The number of carbonyl (C=O) groups excluding carboxylic acids is 2. The van der Waals surface area contributed by atoms with Gasteiger partial charge in [-0.05, 0) is 60.7 Å². The first-order valence-electron chi connectivity index (χ1n) is 10.6. The molecule has 4 amide bonds. The van der Waals surface area contributed by atoms with Gasteiger partial charge in [-0.25, -0.2) is 9.59 Å². The summed E-state index contributed by atoms with van der Waals surface area (Å²) >= 11 is 5.82. The minimum absolute atomic E-state index is 0.0959. The fraction of sp³-hybridized carbons (Fsp3) is 0.167. The lowest BCUT2D eigenvalue weighted by atomic mass is 10.2. The Morgan fingerprint density at radius 1 is 0.757 bits per heavy atom. The Labute approximate surface area is 212 Å². The highest BCUT2D eigenvalue weighted by atomic mass is 35.5. The molecule has 0 atom stereocenters. The minimum Gasteiger partial charge on any atom is -0.336 e. The largest absolute Gasteiger partial charge is 0.416 e. The van der Waals surface area contributed by atoms with Gasteiger partial charge < -0.3 is 16.0 Å². The molecule has 37 heavy (non-hydrogen) atoms. The van der Waals surface area contributed by atoms with Crippen molar-refractivity contribution in [3.05, 3.63) is 88.9 Å². The lowest BCUT2D eigenvalue weighted by Crippen LogP contribution is -2.42. The molecule has 0 aliphatic heterocycles. The van der Waals surface area contributed by atoms with Gasteiger partial charge in [0, 0.05) is 35.2 Å². The van der Waals surface area contributed by atoms with E-state index in [0.29, 0.717) is 10.7 Å². The molecule has 0 aromatic heterocycles. The van der Waals surface area contributed by atoms with Gasteiger partial charge in [-0.2, -0.15) is 26.3 Å². The Balaban J connectivity index is 1.72. The molecular formula is C24H19ClF6N4O2. The van der Waals surface area contributed by atoms with Gasteiger partial charge in [-0.1, -0.05) is 23.7 Å². The SMILES string of the molecule is O=C(NCCN(C(=O)Nc1ccc(Cl)cc1)c1cccc(C(F)(F)F)c1)Nc1cccc(C(F)(F)F)c1. The molecule has 13 heteroatoms. The molecule has 3 N–H and O–H groups in total. The van der Waals surface area contributed by atoms with Crippen LogP contribution in [0.5, 0.6) is 0 Å². The van der Waals surface area contributed by atoms with Gasteiger partial charge in [0.05, 0.1) is 11.1 Å². The van der Waals surface area contributed by atoms with Gasteiger partial charge in [0.15, 0.2) is 0 Å². The Hall–Kier alpha value is -3.93. The maximum Gasteiger partial charge on any atom is 0.416 e. The summed E-state index contributed by atoms with van der Waals surface area (Å²) in [6, 6.07) is 12.3. The quantitative estimate of drug-likeness (QED) is 0.286. The average molecular weight is 545 g/mol. The predicted molar refractivity (Wildman–Crippen MR) is 128 cm³/mol. The predicted octanol–water partition coefficient (Wildman–Crippen LogP) is 7.24. The number of anilines is 3. The van der Waals surface area contributed by atoms with Crippen molar-refractivity contribution in [2.45, 2.75) is 12.4 Å². The smallest absolute Gasteiger partial charge is 0.336 e. The third kappa shape index (κ3) is 8.04. The lowest BCUT2D eigenvalue weighted by molar-refractivity contribution is -0.138. The zero-order valence-electron chi connectivity index (χ0n) is 18.8. The third-order valence-electron chi connectivity index (χ3n) is 4.89. The molecule has 0 spiro atoms. The van der Waals surface area contributed by atoms with Crippen LogP contribution in [0.15, 0.2) is 72.8 Å². The van der Waals surface area contributed by atoms with Gasteiger partial charge in [-0.15, -0.1) is 0 Å². The van der Waals surface area contributed by atoms with Crippen LogP contribution in [0.1, 0.15) is 11.1 Å². The van der Waals surface area contributed by atoms with Crippen molar-refractivity contribution in [3.8, 4) is 0 Å². The highest BCUT2D eigenvalue weighted by Crippen LogP contribution is 2.32. The number of halogens is 7. The van der Waals surface area contributed by atoms with E-state index in [1.807, 2.05) is 0 Å². The van der Waals surface area contributed by atoms with Crippen molar-refractivity contribution in [3.63, 3.8) is 0 Å². The number of urea groups is 2. The fourth-order valence-electron chi connectivity index (χ4n) is 3.15. The maximum atomic E-state index is 13.2. The fourth-order valence-corrected chi connectivity index (χ4v) is 3.28. The second kappa shape index (κ2) is 11.4. The van der Waals surface area contributed by atoms with E-state index in [2.05, 4.69) is 16.0 Å². The lowest BCUT2D eigenvalue weighted by Gasteiger charge is -2.24. The zero-order valence-corrected chi connectivity index (χ0v) is 19.5. The Morgan fingerprint density at radius 2 is 1.35 bits per heavy atom. The van der Waals surface area contributed by atoms with Crippen LogP contribution < -0.4 is 20.9 Å². The number of hydrogen-bond donors (Lipinski definition) is 3. The number of amides is 4. The van der Waals surface area contributed by atoms with Gasteiger partial charge in [0.25, 0.3) is 0 Å². The number of benzene rings is 3. The number of rotatable bonds is 6. The molecule has 6 nitrogen and oxygen atoms in total. The Kier molecular flexibility index (Phi) is 8.53. The van der Waals surface area contributed by atoms with E-state index in [-0.39, 0.29) is 24.5 Å². The molecule has 0 unspecified atom stereocenters. The van der Waals surface area contributed by atoms with Gasteiger partial charge >= 0.3 is 24.4 Å². The highest BCUT2D eigenvalue weighted by Gasteiger charge is 2.32. The molecule has 0 bridgehead atoms. The van der Waals surface area contributed by atoms with Crippen molar-refractivity contribution in [2.24, 2.45) is 0 Å². The molecule has 3 rings (SSSR count). The molecule has 3 aromatic carbocycles. The number of hydrogen-bond acceptors (Lipinski definition) is 2. The standard InChI is InChI=1S/C24H19ClF6N4O2/c25-17-7-9-18(10-8-17)34-22(37)35(20-6-2-4-16(14-20)24(29,30)31)12-11-32-21(36)33-19-5-1-3-15(13-19)23(26,27)28/h1-10,13-14H,11-12H2,(H,34,37)(H2,32,33,36). The number of alkyl halides is 6. The van der Waals surface area contributed by atoms with Crippen molar-refractivity contribution in [1.29, 1.82) is 0 Å². The normalized spacial score (nSPS) is 11.5. The summed E-state index contributed by atoms with van der Waals surface area (Å²) in [7, 11) is 0. The summed E-state index contributed by atoms with van der Waals surface area (Å²) in [6.45, 7) is -0.508. The second-order valence-corrected chi connectivity index (χ2v) is 8.03. The molecular weight excluding hydrogens is 526 g/mol. The maximum absolute atomic E-state index is 13.2. The molecule has 0 aliphatic rings. The molecule has 0 radical (unpaired) electrons. The number of nitrogens with zero attached hydrogens (tertiary/aromatic N) is 1. The van der Waals surface area contributed by atoms with E-state index in [1.54, 1.807) is 0 Å². The van der Waals surface area contributed by atoms with Gasteiger partial charge in [0.2, 0.25) is 0 Å². The summed E-state index contributed by atoms with van der Waals surface area (Å²) in [4.78, 5) is 26.1. The van der Waals surface area contributed by atoms with Crippen LogP contribution >= 0.6 is 11.6 Å². The molecule has 3 aromatic rings.